The lowest BCUT2D eigenvalue weighted by Crippen LogP contribution is -2.42. The Balaban J connectivity index is 1.36. The number of esters is 1. The fraction of sp³-hybridized carbons (Fsp3) is 0.261. The smallest absolute Gasteiger partial charge is 0.330 e. The normalized spacial score (nSPS) is 15.2. The van der Waals surface area contributed by atoms with E-state index in [0.717, 1.165) is 0 Å². The van der Waals surface area contributed by atoms with Gasteiger partial charge in [0.05, 0.1) is 24.1 Å². The lowest BCUT2D eigenvalue weighted by Gasteiger charge is -2.22. The number of amides is 1. The zero-order chi connectivity index (χ0) is 23.2. The summed E-state index contributed by atoms with van der Waals surface area (Å²) in [5, 5.41) is 16.7. The summed E-state index contributed by atoms with van der Waals surface area (Å²) in [5.41, 5.74) is 1.65. The number of hydrogen-bond acceptors (Lipinski definition) is 9. The van der Waals surface area contributed by atoms with E-state index in [1.165, 1.54) is 16.7 Å². The Bertz CT molecular complexity index is 1170. The van der Waals surface area contributed by atoms with E-state index in [1.807, 2.05) is 13.0 Å². The molecule has 2 aromatic carbocycles. The van der Waals surface area contributed by atoms with Crippen molar-refractivity contribution in [1.82, 2.24) is 15.1 Å². The Morgan fingerprint density at radius 1 is 1.18 bits per heavy atom. The Labute approximate surface area is 194 Å². The number of nitriles is 1. The molecule has 1 aromatic heterocycles. The molecule has 0 saturated carbocycles. The van der Waals surface area contributed by atoms with Crippen molar-refractivity contribution >= 4 is 23.6 Å². The van der Waals surface area contributed by atoms with Crippen molar-refractivity contribution in [2.45, 2.75) is 19.6 Å². The van der Waals surface area contributed by atoms with Crippen molar-refractivity contribution in [3.63, 3.8) is 0 Å². The van der Waals surface area contributed by atoms with Crippen molar-refractivity contribution in [2.75, 3.05) is 18.2 Å². The van der Waals surface area contributed by atoms with Crippen molar-refractivity contribution in [2.24, 2.45) is 0 Å². The minimum absolute atomic E-state index is 0.137. The van der Waals surface area contributed by atoms with E-state index in [9.17, 15) is 9.59 Å². The first-order valence-corrected chi connectivity index (χ1v) is 11.4. The summed E-state index contributed by atoms with van der Waals surface area (Å²) in [5.74, 6) is 1.15. The molecule has 33 heavy (non-hydrogen) atoms. The highest BCUT2D eigenvalue weighted by Gasteiger charge is 2.36. The summed E-state index contributed by atoms with van der Waals surface area (Å²) < 4.78 is 16.3. The van der Waals surface area contributed by atoms with Crippen LogP contribution in [-0.4, -0.2) is 51.3 Å². The fourth-order valence-corrected chi connectivity index (χ4v) is 4.35. The number of carbonyl (C=O) groups is 2. The Kier molecular flexibility index (Phi) is 6.90. The van der Waals surface area contributed by atoms with Gasteiger partial charge in [-0.3, -0.25) is 4.79 Å². The van der Waals surface area contributed by atoms with Crippen LogP contribution in [0.1, 0.15) is 28.7 Å². The molecular weight excluding hydrogens is 444 g/mol. The summed E-state index contributed by atoms with van der Waals surface area (Å²) >= 11 is 1.48. The number of nitrogens with zero attached hydrogens (tertiary/aromatic N) is 4. The lowest BCUT2D eigenvalue weighted by molar-refractivity contribution is -0.149. The second-order valence-corrected chi connectivity index (χ2v) is 8.05. The van der Waals surface area contributed by atoms with E-state index in [2.05, 4.69) is 10.2 Å². The maximum absolute atomic E-state index is 12.9. The molecule has 1 fully saturated rings. The Hall–Kier alpha value is -3.84. The molecule has 0 N–H and O–H groups in total. The van der Waals surface area contributed by atoms with Gasteiger partial charge in [-0.15, -0.1) is 22.0 Å². The SMILES string of the molecule is CCOc1ccc(C(=O)N2CSCC2C(=O)OCc2nnc(-c3ccc(C#N)cc3)o2)cc1. The van der Waals surface area contributed by atoms with Crippen LogP contribution in [0.3, 0.4) is 0 Å². The molecule has 1 atom stereocenters. The molecule has 0 radical (unpaired) electrons. The van der Waals surface area contributed by atoms with Crippen LogP contribution in [0.2, 0.25) is 0 Å². The van der Waals surface area contributed by atoms with Crippen LogP contribution in [0.4, 0.5) is 0 Å². The fourth-order valence-electron chi connectivity index (χ4n) is 3.21. The molecule has 1 amide bonds. The molecule has 0 aliphatic carbocycles. The average molecular weight is 465 g/mol. The third-order valence-electron chi connectivity index (χ3n) is 4.89. The van der Waals surface area contributed by atoms with E-state index < -0.39 is 12.0 Å². The quantitative estimate of drug-likeness (QED) is 0.485. The molecule has 0 bridgehead atoms. The van der Waals surface area contributed by atoms with Crippen LogP contribution in [0.25, 0.3) is 11.5 Å². The van der Waals surface area contributed by atoms with Crippen LogP contribution in [0.5, 0.6) is 5.75 Å². The second kappa shape index (κ2) is 10.2. The second-order valence-electron chi connectivity index (χ2n) is 7.05. The van der Waals surface area contributed by atoms with Gasteiger partial charge < -0.3 is 18.8 Å². The van der Waals surface area contributed by atoms with Gasteiger partial charge in [0.2, 0.25) is 5.89 Å². The maximum Gasteiger partial charge on any atom is 0.330 e. The van der Waals surface area contributed by atoms with Gasteiger partial charge in [0.15, 0.2) is 6.61 Å². The standard InChI is InChI=1S/C23H20N4O5S/c1-2-30-18-9-7-17(8-10-18)22(28)27-14-33-13-19(27)23(29)31-12-20-25-26-21(32-20)16-5-3-15(11-24)4-6-16/h3-10,19H,2,12-14H2,1H3. The summed E-state index contributed by atoms with van der Waals surface area (Å²) in [7, 11) is 0. The molecule has 1 unspecified atom stereocenters. The highest BCUT2D eigenvalue weighted by atomic mass is 32.2. The monoisotopic (exact) mass is 464 g/mol. The van der Waals surface area contributed by atoms with Crippen LogP contribution < -0.4 is 4.74 Å². The molecule has 4 rings (SSSR count). The number of aromatic nitrogens is 2. The number of rotatable bonds is 7. The van der Waals surface area contributed by atoms with E-state index >= 15 is 0 Å². The topological polar surface area (TPSA) is 119 Å². The predicted molar refractivity (Wildman–Crippen MR) is 119 cm³/mol. The van der Waals surface area contributed by atoms with Crippen LogP contribution >= 0.6 is 11.8 Å². The zero-order valence-corrected chi connectivity index (χ0v) is 18.6. The lowest BCUT2D eigenvalue weighted by atomic mass is 10.1. The van der Waals surface area contributed by atoms with Gasteiger partial charge in [0.1, 0.15) is 11.8 Å². The predicted octanol–water partition coefficient (Wildman–Crippen LogP) is 3.27. The average Bonchev–Trinajstić information content (AvgIpc) is 3.53. The summed E-state index contributed by atoms with van der Waals surface area (Å²) in [4.78, 5) is 27.1. The molecule has 0 spiro atoms. The van der Waals surface area contributed by atoms with Gasteiger partial charge in [-0.05, 0) is 55.5 Å². The number of benzene rings is 2. The van der Waals surface area contributed by atoms with Crippen LogP contribution in [0, 0.1) is 11.3 Å². The van der Waals surface area contributed by atoms with Crippen molar-refractivity contribution in [1.29, 1.82) is 5.26 Å². The molecular formula is C23H20N4O5S. The maximum atomic E-state index is 12.9. The molecule has 10 heteroatoms. The van der Waals surface area contributed by atoms with Crippen LogP contribution in [-0.2, 0) is 16.1 Å². The van der Waals surface area contributed by atoms with E-state index in [1.54, 1.807) is 48.5 Å². The van der Waals surface area contributed by atoms with Crippen molar-refractivity contribution in [3.8, 4) is 23.3 Å². The first-order chi connectivity index (χ1) is 16.1. The van der Waals surface area contributed by atoms with Gasteiger partial charge >= 0.3 is 5.97 Å². The molecule has 3 aromatic rings. The van der Waals surface area contributed by atoms with E-state index in [4.69, 9.17) is 19.2 Å². The summed E-state index contributed by atoms with van der Waals surface area (Å²) in [6.45, 7) is 2.23. The highest BCUT2D eigenvalue weighted by Crippen LogP contribution is 2.25. The summed E-state index contributed by atoms with van der Waals surface area (Å²) in [6.07, 6.45) is 0. The largest absolute Gasteiger partial charge is 0.494 e. The third kappa shape index (κ3) is 5.15. The number of carbonyl (C=O) groups excluding carboxylic acids is 2. The number of ether oxygens (including phenoxy) is 2. The molecule has 1 saturated heterocycles. The van der Waals surface area contributed by atoms with E-state index in [-0.39, 0.29) is 24.3 Å². The minimum Gasteiger partial charge on any atom is -0.494 e. The molecule has 9 nitrogen and oxygen atoms in total. The van der Waals surface area contributed by atoms with E-state index in [0.29, 0.717) is 40.7 Å². The molecule has 1 aliphatic rings. The molecule has 1 aliphatic heterocycles. The van der Waals surface area contributed by atoms with Gasteiger partial charge in [0, 0.05) is 16.9 Å². The zero-order valence-electron chi connectivity index (χ0n) is 17.8. The number of hydrogen-bond donors (Lipinski definition) is 0. The van der Waals surface area contributed by atoms with Gasteiger partial charge in [-0.2, -0.15) is 5.26 Å². The summed E-state index contributed by atoms with van der Waals surface area (Å²) in [6, 6.07) is 14.9. The van der Waals surface area contributed by atoms with Gasteiger partial charge in [-0.25, -0.2) is 4.79 Å². The Morgan fingerprint density at radius 2 is 1.94 bits per heavy atom. The van der Waals surface area contributed by atoms with Gasteiger partial charge in [0.25, 0.3) is 11.8 Å². The highest BCUT2D eigenvalue weighted by molar-refractivity contribution is 7.99. The van der Waals surface area contributed by atoms with Crippen molar-refractivity contribution in [3.05, 3.63) is 65.5 Å². The molecule has 168 valence electrons. The number of thioether (sulfide) groups is 1. The van der Waals surface area contributed by atoms with Crippen molar-refractivity contribution < 1.29 is 23.5 Å². The first-order valence-electron chi connectivity index (χ1n) is 10.2. The third-order valence-corrected chi connectivity index (χ3v) is 5.91. The first kappa shape index (κ1) is 22.4. The minimum atomic E-state index is -0.699. The molecule has 2 heterocycles. The van der Waals surface area contributed by atoms with Gasteiger partial charge in [-0.1, -0.05) is 0 Å². The van der Waals surface area contributed by atoms with Crippen LogP contribution in [0.15, 0.2) is 52.9 Å². The Morgan fingerprint density at radius 3 is 2.64 bits per heavy atom.